The molecule has 1 heterocycles. The molecule has 0 aliphatic heterocycles. The van der Waals surface area contributed by atoms with Gasteiger partial charge in [0.15, 0.2) is 0 Å². The largest absolute Gasteiger partial charge is 0.392 e. The zero-order valence-corrected chi connectivity index (χ0v) is 12.1. The van der Waals surface area contributed by atoms with Crippen LogP contribution in [0, 0.1) is 5.82 Å². The van der Waals surface area contributed by atoms with Crippen molar-refractivity contribution in [1.29, 1.82) is 0 Å². The minimum atomic E-state index is -0.603. The van der Waals surface area contributed by atoms with Crippen molar-refractivity contribution in [3.8, 4) is 0 Å². The molecule has 1 saturated carbocycles. The van der Waals surface area contributed by atoms with E-state index in [2.05, 4.69) is 5.10 Å². The standard InChI is InChI=1S/C17H21FN2O/c18-17-8-4-1-5-13(17)11-16(21)12-14-9-10-20(19-14)15-6-2-3-7-15/h1,4-5,8-10,15-16,21H,2-3,6-7,11-12H2. The fourth-order valence-electron chi connectivity index (χ4n) is 3.09. The molecule has 112 valence electrons. The number of hydrogen-bond acceptors (Lipinski definition) is 2. The van der Waals surface area contributed by atoms with Crippen molar-refractivity contribution in [2.24, 2.45) is 0 Å². The molecular weight excluding hydrogens is 267 g/mol. The predicted octanol–water partition coefficient (Wildman–Crippen LogP) is 3.28. The van der Waals surface area contributed by atoms with Crippen molar-refractivity contribution >= 4 is 0 Å². The number of hydrogen-bond donors (Lipinski definition) is 1. The van der Waals surface area contributed by atoms with E-state index in [-0.39, 0.29) is 5.82 Å². The Hall–Kier alpha value is -1.68. The van der Waals surface area contributed by atoms with Crippen LogP contribution in [0.1, 0.15) is 43.0 Å². The number of benzene rings is 1. The summed E-state index contributed by atoms with van der Waals surface area (Å²) in [6, 6.07) is 9.08. The molecule has 0 spiro atoms. The Morgan fingerprint density at radius 3 is 2.71 bits per heavy atom. The summed E-state index contributed by atoms with van der Waals surface area (Å²) < 4.78 is 15.6. The summed E-state index contributed by atoms with van der Waals surface area (Å²) in [5.41, 5.74) is 1.44. The Kier molecular flexibility index (Phi) is 4.34. The summed E-state index contributed by atoms with van der Waals surface area (Å²) in [6.07, 6.45) is 7.12. The second kappa shape index (κ2) is 6.39. The van der Waals surface area contributed by atoms with Crippen LogP contribution in [0.15, 0.2) is 36.5 Å². The molecule has 0 radical (unpaired) electrons. The Morgan fingerprint density at radius 1 is 1.19 bits per heavy atom. The Balaban J connectivity index is 1.60. The smallest absolute Gasteiger partial charge is 0.126 e. The first-order valence-corrected chi connectivity index (χ1v) is 7.68. The van der Waals surface area contributed by atoms with Crippen LogP contribution in [0.4, 0.5) is 4.39 Å². The first-order chi connectivity index (χ1) is 10.2. The zero-order chi connectivity index (χ0) is 14.7. The van der Waals surface area contributed by atoms with E-state index >= 15 is 0 Å². The highest BCUT2D eigenvalue weighted by Crippen LogP contribution is 2.28. The molecule has 0 amide bonds. The lowest BCUT2D eigenvalue weighted by atomic mass is 10.0. The Labute approximate surface area is 124 Å². The van der Waals surface area contributed by atoms with Gasteiger partial charge in [-0.2, -0.15) is 5.10 Å². The van der Waals surface area contributed by atoms with Gasteiger partial charge in [0.25, 0.3) is 0 Å². The van der Waals surface area contributed by atoms with Gasteiger partial charge in [-0.05, 0) is 30.5 Å². The monoisotopic (exact) mass is 288 g/mol. The number of halogens is 1. The second-order valence-corrected chi connectivity index (χ2v) is 5.88. The normalized spacial score (nSPS) is 17.2. The maximum absolute atomic E-state index is 13.6. The number of nitrogens with zero attached hydrogens (tertiary/aromatic N) is 2. The van der Waals surface area contributed by atoms with Gasteiger partial charge in [0.05, 0.1) is 17.8 Å². The fraction of sp³-hybridized carbons (Fsp3) is 0.471. The SMILES string of the molecule is OC(Cc1ccn(C2CCCC2)n1)Cc1ccccc1F. The molecular formula is C17H21FN2O. The third-order valence-electron chi connectivity index (χ3n) is 4.22. The van der Waals surface area contributed by atoms with Gasteiger partial charge < -0.3 is 5.11 Å². The van der Waals surface area contributed by atoms with E-state index in [1.807, 2.05) is 16.9 Å². The molecule has 3 nitrogen and oxygen atoms in total. The molecule has 0 bridgehead atoms. The third kappa shape index (κ3) is 3.50. The van der Waals surface area contributed by atoms with Crippen molar-refractivity contribution < 1.29 is 9.50 Å². The molecule has 1 aliphatic rings. The molecule has 2 aromatic rings. The van der Waals surface area contributed by atoms with Gasteiger partial charge in [-0.1, -0.05) is 31.0 Å². The molecule has 1 aromatic heterocycles. The van der Waals surface area contributed by atoms with Crippen molar-refractivity contribution in [2.75, 3.05) is 0 Å². The highest BCUT2D eigenvalue weighted by molar-refractivity contribution is 5.18. The molecule has 1 N–H and O–H groups in total. The fourth-order valence-corrected chi connectivity index (χ4v) is 3.09. The van der Waals surface area contributed by atoms with Crippen molar-refractivity contribution in [3.63, 3.8) is 0 Å². The maximum atomic E-state index is 13.6. The first kappa shape index (κ1) is 14.3. The van der Waals surface area contributed by atoms with Gasteiger partial charge in [-0.3, -0.25) is 4.68 Å². The molecule has 1 atom stereocenters. The molecule has 0 saturated heterocycles. The van der Waals surface area contributed by atoms with Crippen LogP contribution in [0.25, 0.3) is 0 Å². The van der Waals surface area contributed by atoms with Gasteiger partial charge in [0.1, 0.15) is 5.82 Å². The van der Waals surface area contributed by atoms with Crippen LogP contribution < -0.4 is 0 Å². The highest BCUT2D eigenvalue weighted by atomic mass is 19.1. The van der Waals surface area contributed by atoms with Gasteiger partial charge in [0, 0.05) is 19.0 Å². The molecule has 1 fully saturated rings. The molecule has 1 aliphatic carbocycles. The lowest BCUT2D eigenvalue weighted by Crippen LogP contribution is -2.15. The highest BCUT2D eigenvalue weighted by Gasteiger charge is 2.18. The maximum Gasteiger partial charge on any atom is 0.126 e. The average Bonchev–Trinajstić information content (AvgIpc) is 3.12. The van der Waals surface area contributed by atoms with Crippen LogP contribution >= 0.6 is 0 Å². The zero-order valence-electron chi connectivity index (χ0n) is 12.1. The molecule has 1 aromatic carbocycles. The van der Waals surface area contributed by atoms with Gasteiger partial charge >= 0.3 is 0 Å². The van der Waals surface area contributed by atoms with Crippen LogP contribution in [0.5, 0.6) is 0 Å². The number of aliphatic hydroxyl groups is 1. The Morgan fingerprint density at radius 2 is 1.95 bits per heavy atom. The van der Waals surface area contributed by atoms with Crippen molar-refractivity contribution in [2.45, 2.75) is 50.7 Å². The quantitative estimate of drug-likeness (QED) is 0.917. The van der Waals surface area contributed by atoms with Crippen molar-refractivity contribution in [3.05, 3.63) is 53.6 Å². The summed E-state index contributed by atoms with van der Waals surface area (Å²) in [5, 5.41) is 14.7. The lowest BCUT2D eigenvalue weighted by Gasteiger charge is -2.11. The van der Waals surface area contributed by atoms with E-state index in [0.29, 0.717) is 24.4 Å². The average molecular weight is 288 g/mol. The lowest BCUT2D eigenvalue weighted by molar-refractivity contribution is 0.172. The van der Waals surface area contributed by atoms with Crippen LogP contribution in [-0.4, -0.2) is 21.0 Å². The topological polar surface area (TPSA) is 38.0 Å². The molecule has 21 heavy (non-hydrogen) atoms. The summed E-state index contributed by atoms with van der Waals surface area (Å²) in [5.74, 6) is -0.256. The minimum Gasteiger partial charge on any atom is -0.392 e. The molecule has 1 unspecified atom stereocenters. The van der Waals surface area contributed by atoms with E-state index in [0.717, 1.165) is 5.69 Å². The van der Waals surface area contributed by atoms with E-state index in [1.54, 1.807) is 18.2 Å². The number of aliphatic hydroxyl groups excluding tert-OH is 1. The van der Waals surface area contributed by atoms with E-state index in [1.165, 1.54) is 31.7 Å². The van der Waals surface area contributed by atoms with Crippen LogP contribution in [0.2, 0.25) is 0 Å². The summed E-state index contributed by atoms with van der Waals surface area (Å²) in [7, 11) is 0. The van der Waals surface area contributed by atoms with Gasteiger partial charge in [-0.15, -0.1) is 0 Å². The number of aromatic nitrogens is 2. The van der Waals surface area contributed by atoms with Crippen molar-refractivity contribution in [1.82, 2.24) is 9.78 Å². The Bertz CT molecular complexity index is 590. The van der Waals surface area contributed by atoms with E-state index in [9.17, 15) is 9.50 Å². The second-order valence-electron chi connectivity index (χ2n) is 5.88. The summed E-state index contributed by atoms with van der Waals surface area (Å²) in [6.45, 7) is 0. The predicted molar refractivity (Wildman–Crippen MR) is 79.5 cm³/mol. The van der Waals surface area contributed by atoms with Gasteiger partial charge in [0.2, 0.25) is 0 Å². The summed E-state index contributed by atoms with van der Waals surface area (Å²) >= 11 is 0. The van der Waals surface area contributed by atoms with Gasteiger partial charge in [-0.25, -0.2) is 4.39 Å². The van der Waals surface area contributed by atoms with Crippen LogP contribution in [-0.2, 0) is 12.8 Å². The summed E-state index contributed by atoms with van der Waals surface area (Å²) in [4.78, 5) is 0. The molecule has 4 heteroatoms. The number of rotatable bonds is 5. The van der Waals surface area contributed by atoms with Crippen LogP contribution in [0.3, 0.4) is 0 Å². The minimum absolute atomic E-state index is 0.256. The first-order valence-electron chi connectivity index (χ1n) is 7.68. The van der Waals surface area contributed by atoms with E-state index in [4.69, 9.17) is 0 Å². The van der Waals surface area contributed by atoms with E-state index < -0.39 is 6.10 Å². The molecule has 3 rings (SSSR count). The third-order valence-corrected chi connectivity index (χ3v) is 4.22.